The lowest BCUT2D eigenvalue weighted by atomic mass is 9.92. The summed E-state index contributed by atoms with van der Waals surface area (Å²) in [6, 6.07) is 15.2. The van der Waals surface area contributed by atoms with E-state index in [-0.39, 0.29) is 12.1 Å². The lowest BCUT2D eigenvalue weighted by Crippen LogP contribution is -2.40. The Balaban J connectivity index is 1.64. The van der Waals surface area contributed by atoms with Crippen LogP contribution in [-0.4, -0.2) is 30.6 Å². The van der Waals surface area contributed by atoms with Crippen molar-refractivity contribution in [3.05, 3.63) is 78.1 Å². The molecule has 5 rings (SSSR count). The predicted octanol–water partition coefficient (Wildman–Crippen LogP) is 4.88. The Labute approximate surface area is 183 Å². The summed E-state index contributed by atoms with van der Waals surface area (Å²) in [5.74, 6) is 0. The van der Waals surface area contributed by atoms with Crippen LogP contribution in [0, 0.1) is 6.92 Å². The molecule has 3 aromatic rings. The Kier molecular flexibility index (Phi) is 5.25. The van der Waals surface area contributed by atoms with Gasteiger partial charge in [0.25, 0.3) is 0 Å². The van der Waals surface area contributed by atoms with Crippen LogP contribution in [0.5, 0.6) is 0 Å². The molecule has 5 nitrogen and oxygen atoms in total. The van der Waals surface area contributed by atoms with Gasteiger partial charge in [0.05, 0.1) is 29.7 Å². The Morgan fingerprint density at radius 3 is 2.60 bits per heavy atom. The van der Waals surface area contributed by atoms with E-state index in [0.29, 0.717) is 6.04 Å². The van der Waals surface area contributed by atoms with Crippen LogP contribution in [0.1, 0.15) is 61.3 Å². The molecule has 2 fully saturated rings. The Morgan fingerprint density at radius 2 is 1.87 bits per heavy atom. The van der Waals surface area contributed by atoms with Gasteiger partial charge in [0, 0.05) is 29.8 Å². The fourth-order valence-corrected chi connectivity index (χ4v) is 5.45. The second kappa shape index (κ2) is 8.19. The maximum Gasteiger partial charge on any atom is 0.170 e. The molecule has 0 amide bonds. The molecule has 154 valence electrons. The van der Waals surface area contributed by atoms with E-state index < -0.39 is 0 Å². The second-order valence-corrected chi connectivity index (χ2v) is 8.66. The minimum Gasteiger partial charge on any atom is -0.352 e. The summed E-state index contributed by atoms with van der Waals surface area (Å²) in [5.41, 5.74) is 4.53. The summed E-state index contributed by atoms with van der Waals surface area (Å²) in [5, 5.41) is 4.47. The van der Waals surface area contributed by atoms with Gasteiger partial charge in [0.15, 0.2) is 5.11 Å². The lowest BCUT2D eigenvalue weighted by molar-refractivity contribution is 0.193. The molecule has 1 saturated heterocycles. The summed E-state index contributed by atoms with van der Waals surface area (Å²) >= 11 is 5.91. The monoisotopic (exact) mass is 417 g/mol. The molecule has 3 aromatic heterocycles. The second-order valence-electron chi connectivity index (χ2n) is 8.27. The Hall–Kier alpha value is -2.73. The first-order valence-corrected chi connectivity index (χ1v) is 11.2. The zero-order valence-electron chi connectivity index (χ0n) is 17.2. The summed E-state index contributed by atoms with van der Waals surface area (Å²) in [6.07, 6.45) is 11.9. The fourth-order valence-electron chi connectivity index (χ4n) is 5.06. The average molecular weight is 418 g/mol. The number of pyridine rings is 2. The molecule has 0 radical (unpaired) electrons. The molecule has 0 spiro atoms. The first kappa shape index (κ1) is 19.2. The van der Waals surface area contributed by atoms with E-state index in [4.69, 9.17) is 12.2 Å². The van der Waals surface area contributed by atoms with Crippen molar-refractivity contribution in [3.8, 4) is 5.69 Å². The molecule has 2 atom stereocenters. The number of hydrogen-bond donors (Lipinski definition) is 1. The van der Waals surface area contributed by atoms with Gasteiger partial charge in [-0.25, -0.2) is 0 Å². The molecule has 1 aliphatic heterocycles. The zero-order valence-corrected chi connectivity index (χ0v) is 18.1. The molecular formula is C24H27N5S. The van der Waals surface area contributed by atoms with E-state index in [1.807, 2.05) is 30.7 Å². The van der Waals surface area contributed by atoms with E-state index in [9.17, 15) is 0 Å². The maximum absolute atomic E-state index is 5.91. The molecule has 6 heteroatoms. The SMILES string of the molecule is Cc1ccc([C@@H]2[C@@H](c3ccccn3)NC(=S)N2C2CCCCC2)n1-c1cccnc1. The van der Waals surface area contributed by atoms with Crippen molar-refractivity contribution < 1.29 is 0 Å². The summed E-state index contributed by atoms with van der Waals surface area (Å²) in [7, 11) is 0. The van der Waals surface area contributed by atoms with Crippen LogP contribution in [-0.2, 0) is 0 Å². The molecular weight excluding hydrogens is 390 g/mol. The zero-order chi connectivity index (χ0) is 20.5. The minimum atomic E-state index is 0.0188. The van der Waals surface area contributed by atoms with Crippen LogP contribution in [0.4, 0.5) is 0 Å². The third-order valence-electron chi connectivity index (χ3n) is 6.42. The Morgan fingerprint density at radius 1 is 1.00 bits per heavy atom. The van der Waals surface area contributed by atoms with E-state index in [1.165, 1.54) is 43.5 Å². The van der Waals surface area contributed by atoms with Crippen molar-refractivity contribution >= 4 is 17.3 Å². The first-order chi connectivity index (χ1) is 14.7. The van der Waals surface area contributed by atoms with Gasteiger partial charge in [0.2, 0.25) is 0 Å². The number of aromatic nitrogens is 3. The van der Waals surface area contributed by atoms with Crippen LogP contribution in [0.3, 0.4) is 0 Å². The van der Waals surface area contributed by atoms with Crippen molar-refractivity contribution in [2.45, 2.75) is 57.2 Å². The van der Waals surface area contributed by atoms with Crippen LogP contribution >= 0.6 is 12.2 Å². The van der Waals surface area contributed by atoms with Gasteiger partial charge in [-0.2, -0.15) is 0 Å². The number of hydrogen-bond acceptors (Lipinski definition) is 3. The summed E-state index contributed by atoms with van der Waals surface area (Å²) in [6.45, 7) is 2.15. The van der Waals surface area contributed by atoms with Gasteiger partial charge >= 0.3 is 0 Å². The van der Waals surface area contributed by atoms with Gasteiger partial charge in [-0.1, -0.05) is 25.3 Å². The topological polar surface area (TPSA) is 46.0 Å². The van der Waals surface area contributed by atoms with Crippen LogP contribution in [0.2, 0.25) is 0 Å². The molecule has 1 aliphatic carbocycles. The molecule has 0 aromatic carbocycles. The quantitative estimate of drug-likeness (QED) is 0.613. The molecule has 30 heavy (non-hydrogen) atoms. The fraction of sp³-hybridized carbons (Fsp3) is 0.375. The highest BCUT2D eigenvalue weighted by Crippen LogP contribution is 2.43. The van der Waals surface area contributed by atoms with Crippen molar-refractivity contribution in [1.29, 1.82) is 0 Å². The minimum absolute atomic E-state index is 0.0188. The standard InChI is InChI=1S/C24H27N5S/c1-17-12-13-21(28(17)19-10-7-14-25-16-19)23-22(20-11-5-6-15-26-20)27-24(30)29(23)18-8-3-2-4-9-18/h5-7,10-16,18,22-23H,2-4,8-9H2,1H3,(H,27,30)/t22-,23-/m1/s1. The van der Waals surface area contributed by atoms with Crippen molar-refractivity contribution in [1.82, 2.24) is 24.8 Å². The Bertz CT molecular complexity index is 1010. The average Bonchev–Trinajstić information content (AvgIpc) is 3.35. The first-order valence-electron chi connectivity index (χ1n) is 10.8. The molecule has 0 unspecified atom stereocenters. The summed E-state index contributed by atoms with van der Waals surface area (Å²) < 4.78 is 2.32. The van der Waals surface area contributed by atoms with Gasteiger partial charge in [-0.05, 0) is 68.4 Å². The molecule has 1 N–H and O–H groups in total. The molecule has 2 aliphatic rings. The smallest absolute Gasteiger partial charge is 0.170 e. The van der Waals surface area contributed by atoms with Crippen LogP contribution in [0.25, 0.3) is 5.69 Å². The molecule has 0 bridgehead atoms. The van der Waals surface area contributed by atoms with Crippen LogP contribution < -0.4 is 5.32 Å². The van der Waals surface area contributed by atoms with Crippen molar-refractivity contribution in [2.24, 2.45) is 0 Å². The molecule has 4 heterocycles. The van der Waals surface area contributed by atoms with Crippen molar-refractivity contribution in [3.63, 3.8) is 0 Å². The van der Waals surface area contributed by atoms with E-state index in [0.717, 1.165) is 16.5 Å². The normalized spacial score (nSPS) is 22.3. The number of rotatable bonds is 4. The van der Waals surface area contributed by atoms with Gasteiger partial charge in [-0.15, -0.1) is 0 Å². The highest BCUT2D eigenvalue weighted by atomic mass is 32.1. The number of thiocarbonyl (C=S) groups is 1. The van der Waals surface area contributed by atoms with Crippen LogP contribution in [0.15, 0.2) is 61.1 Å². The highest BCUT2D eigenvalue weighted by molar-refractivity contribution is 7.80. The van der Waals surface area contributed by atoms with Gasteiger partial charge < -0.3 is 14.8 Å². The van der Waals surface area contributed by atoms with Crippen molar-refractivity contribution in [2.75, 3.05) is 0 Å². The third kappa shape index (κ3) is 3.39. The van der Waals surface area contributed by atoms with E-state index in [2.05, 4.69) is 62.0 Å². The predicted molar refractivity (Wildman–Crippen MR) is 122 cm³/mol. The van der Waals surface area contributed by atoms with Gasteiger partial charge in [-0.3, -0.25) is 9.97 Å². The van der Waals surface area contributed by atoms with E-state index in [1.54, 1.807) is 0 Å². The van der Waals surface area contributed by atoms with E-state index >= 15 is 0 Å². The molecule has 1 saturated carbocycles. The third-order valence-corrected chi connectivity index (χ3v) is 6.75. The maximum atomic E-state index is 5.91. The number of nitrogens with zero attached hydrogens (tertiary/aromatic N) is 4. The lowest BCUT2D eigenvalue weighted by Gasteiger charge is -2.37. The largest absolute Gasteiger partial charge is 0.352 e. The summed E-state index contributed by atoms with van der Waals surface area (Å²) in [4.78, 5) is 11.5. The number of nitrogens with one attached hydrogen (secondary N) is 1. The number of aryl methyl sites for hydroxylation is 1. The highest BCUT2D eigenvalue weighted by Gasteiger charge is 2.44. The van der Waals surface area contributed by atoms with Gasteiger partial charge in [0.1, 0.15) is 0 Å².